The molecule has 1 amide bonds. The number of carbonyl (C=O) groups excluding carboxylic acids is 1. The van der Waals surface area contributed by atoms with E-state index < -0.39 is 0 Å². The van der Waals surface area contributed by atoms with Crippen LogP contribution in [0.5, 0.6) is 5.75 Å². The molecule has 1 aromatic carbocycles. The summed E-state index contributed by atoms with van der Waals surface area (Å²) in [5.74, 6) is 1.30. The van der Waals surface area contributed by atoms with E-state index in [-0.39, 0.29) is 17.8 Å². The summed E-state index contributed by atoms with van der Waals surface area (Å²) in [7, 11) is 1.83. The smallest absolute Gasteiger partial charge is 0.245 e. The number of aromatic nitrogens is 2. The first-order chi connectivity index (χ1) is 14.1. The second kappa shape index (κ2) is 8.73. The second-order valence-electron chi connectivity index (χ2n) is 7.10. The Morgan fingerprint density at radius 3 is 2.97 bits per heavy atom. The van der Waals surface area contributed by atoms with Crippen LogP contribution < -0.4 is 9.64 Å². The fourth-order valence-electron chi connectivity index (χ4n) is 3.67. The molecule has 1 atom stereocenters. The van der Waals surface area contributed by atoms with Crippen LogP contribution in [-0.2, 0) is 4.79 Å². The topological polar surface area (TPSA) is 58.6 Å². The van der Waals surface area contributed by atoms with Crippen molar-refractivity contribution in [2.24, 2.45) is 0 Å². The molecule has 3 aromatic rings. The predicted molar refractivity (Wildman–Crippen MR) is 112 cm³/mol. The van der Waals surface area contributed by atoms with Gasteiger partial charge in [0.15, 0.2) is 0 Å². The largest absolute Gasteiger partial charge is 0.494 e. The lowest BCUT2D eigenvalue weighted by Gasteiger charge is -2.29. The number of ether oxygens (including phenoxy) is 1. The molecule has 1 saturated heterocycles. The van der Waals surface area contributed by atoms with Crippen LogP contribution in [0.1, 0.15) is 19.3 Å². The molecule has 6 nitrogen and oxygen atoms in total. The normalized spacial score (nSPS) is 16.3. The highest BCUT2D eigenvalue weighted by molar-refractivity contribution is 7.16. The SMILES string of the molecule is CN(CCCOc1ccc(F)cc1)C(=O)C1CCCN1c1ncnc2sccc12. The van der Waals surface area contributed by atoms with Gasteiger partial charge in [-0.3, -0.25) is 4.79 Å². The fourth-order valence-corrected chi connectivity index (χ4v) is 4.40. The van der Waals surface area contributed by atoms with Gasteiger partial charge in [-0.25, -0.2) is 14.4 Å². The third-order valence-corrected chi connectivity index (χ3v) is 5.97. The van der Waals surface area contributed by atoms with E-state index in [1.165, 1.54) is 12.1 Å². The highest BCUT2D eigenvalue weighted by atomic mass is 32.1. The second-order valence-corrected chi connectivity index (χ2v) is 8.00. The quantitative estimate of drug-likeness (QED) is 0.552. The number of carbonyl (C=O) groups is 1. The van der Waals surface area contributed by atoms with E-state index in [1.54, 1.807) is 34.7 Å². The third-order valence-electron chi connectivity index (χ3n) is 5.15. The first-order valence-corrected chi connectivity index (χ1v) is 10.6. The summed E-state index contributed by atoms with van der Waals surface area (Å²) < 4.78 is 18.5. The molecule has 152 valence electrons. The van der Waals surface area contributed by atoms with Crippen molar-refractivity contribution >= 4 is 33.3 Å². The summed E-state index contributed by atoms with van der Waals surface area (Å²) >= 11 is 1.58. The number of hydrogen-bond donors (Lipinski definition) is 0. The van der Waals surface area contributed by atoms with E-state index in [0.29, 0.717) is 25.3 Å². The van der Waals surface area contributed by atoms with E-state index in [4.69, 9.17) is 4.74 Å². The number of benzene rings is 1. The number of fused-ring (bicyclic) bond motifs is 1. The van der Waals surface area contributed by atoms with Gasteiger partial charge in [-0.15, -0.1) is 11.3 Å². The molecule has 0 saturated carbocycles. The van der Waals surface area contributed by atoms with E-state index in [2.05, 4.69) is 14.9 Å². The number of nitrogens with zero attached hydrogens (tertiary/aromatic N) is 4. The molecule has 1 unspecified atom stereocenters. The minimum Gasteiger partial charge on any atom is -0.494 e. The summed E-state index contributed by atoms with van der Waals surface area (Å²) in [5, 5.41) is 3.01. The van der Waals surface area contributed by atoms with Gasteiger partial charge < -0.3 is 14.5 Å². The van der Waals surface area contributed by atoms with Gasteiger partial charge in [-0.05, 0) is 55.0 Å². The summed E-state index contributed by atoms with van der Waals surface area (Å²) in [6.45, 7) is 1.89. The zero-order chi connectivity index (χ0) is 20.2. The van der Waals surface area contributed by atoms with Crippen molar-refractivity contribution in [2.45, 2.75) is 25.3 Å². The Morgan fingerprint density at radius 1 is 1.31 bits per heavy atom. The van der Waals surface area contributed by atoms with Crippen molar-refractivity contribution in [1.29, 1.82) is 0 Å². The highest BCUT2D eigenvalue weighted by Crippen LogP contribution is 2.32. The number of rotatable bonds is 7. The van der Waals surface area contributed by atoms with Gasteiger partial charge >= 0.3 is 0 Å². The standard InChI is InChI=1S/C21H23FN4O2S/c1-25(10-3-12-28-16-7-5-15(22)6-8-16)21(27)18-4-2-11-26(18)19-17-9-13-29-20(17)24-14-23-19/h5-9,13-14,18H,2-4,10-12H2,1H3. The van der Waals surface area contributed by atoms with Crippen molar-refractivity contribution in [2.75, 3.05) is 31.6 Å². The number of anilines is 1. The van der Waals surface area contributed by atoms with Crippen LogP contribution in [-0.4, -0.2) is 53.6 Å². The highest BCUT2D eigenvalue weighted by Gasteiger charge is 2.34. The van der Waals surface area contributed by atoms with Crippen molar-refractivity contribution in [3.63, 3.8) is 0 Å². The minimum absolute atomic E-state index is 0.103. The van der Waals surface area contributed by atoms with E-state index in [9.17, 15) is 9.18 Å². The molecule has 1 aliphatic heterocycles. The Labute approximate surface area is 172 Å². The van der Waals surface area contributed by atoms with Gasteiger partial charge in [0.2, 0.25) is 5.91 Å². The maximum absolute atomic E-state index is 13.1. The molecule has 0 N–H and O–H groups in total. The van der Waals surface area contributed by atoms with E-state index >= 15 is 0 Å². The van der Waals surface area contributed by atoms with Crippen molar-refractivity contribution < 1.29 is 13.9 Å². The fraction of sp³-hybridized carbons (Fsp3) is 0.381. The molecule has 0 spiro atoms. The van der Waals surface area contributed by atoms with Gasteiger partial charge in [0.25, 0.3) is 0 Å². The molecule has 1 fully saturated rings. The van der Waals surface area contributed by atoms with Crippen LogP contribution >= 0.6 is 11.3 Å². The summed E-state index contributed by atoms with van der Waals surface area (Å²) in [6, 6.07) is 7.78. The number of amides is 1. The lowest BCUT2D eigenvalue weighted by Crippen LogP contribution is -2.45. The Kier molecular flexibility index (Phi) is 5.89. The van der Waals surface area contributed by atoms with Gasteiger partial charge in [-0.1, -0.05) is 0 Å². The van der Waals surface area contributed by atoms with Crippen LogP contribution in [0.15, 0.2) is 42.0 Å². The summed E-state index contributed by atoms with van der Waals surface area (Å²) in [4.78, 5) is 26.7. The van der Waals surface area contributed by atoms with E-state index in [1.807, 2.05) is 18.5 Å². The number of thiophene rings is 1. The van der Waals surface area contributed by atoms with Crippen LogP contribution in [0.2, 0.25) is 0 Å². The van der Waals surface area contributed by atoms with Gasteiger partial charge in [0.05, 0.1) is 12.0 Å². The molecule has 4 rings (SSSR count). The van der Waals surface area contributed by atoms with Crippen LogP contribution in [0.3, 0.4) is 0 Å². The zero-order valence-corrected chi connectivity index (χ0v) is 17.1. The van der Waals surface area contributed by atoms with Gasteiger partial charge in [0, 0.05) is 20.1 Å². The Bertz CT molecular complexity index is 978. The molecule has 0 bridgehead atoms. The van der Waals surface area contributed by atoms with Crippen LogP contribution in [0.25, 0.3) is 10.2 Å². The molecule has 8 heteroatoms. The summed E-state index contributed by atoms with van der Waals surface area (Å²) in [5.41, 5.74) is 0. The average molecular weight is 415 g/mol. The van der Waals surface area contributed by atoms with Crippen molar-refractivity contribution in [1.82, 2.24) is 14.9 Å². The van der Waals surface area contributed by atoms with Gasteiger partial charge in [0.1, 0.15) is 34.6 Å². The molecular weight excluding hydrogens is 391 g/mol. The minimum atomic E-state index is -0.285. The monoisotopic (exact) mass is 414 g/mol. The number of likely N-dealkylation sites (N-methyl/N-ethyl adjacent to an activating group) is 1. The Morgan fingerprint density at radius 2 is 2.14 bits per heavy atom. The van der Waals surface area contributed by atoms with Crippen LogP contribution in [0.4, 0.5) is 10.2 Å². The first-order valence-electron chi connectivity index (χ1n) is 9.71. The number of halogens is 1. The van der Waals surface area contributed by atoms with E-state index in [0.717, 1.165) is 35.4 Å². The first kappa shape index (κ1) is 19.6. The maximum atomic E-state index is 13.1. The molecule has 1 aliphatic rings. The molecule has 0 aliphatic carbocycles. The lowest BCUT2D eigenvalue weighted by atomic mass is 10.2. The summed E-state index contributed by atoms with van der Waals surface area (Å²) in [6.07, 6.45) is 4.07. The predicted octanol–water partition coefficient (Wildman–Crippen LogP) is 3.73. The maximum Gasteiger partial charge on any atom is 0.245 e. The number of hydrogen-bond acceptors (Lipinski definition) is 6. The molecule has 0 radical (unpaired) electrons. The Balaban J connectivity index is 1.34. The molecule has 29 heavy (non-hydrogen) atoms. The molecular formula is C21H23FN4O2S. The molecule has 2 aromatic heterocycles. The third kappa shape index (κ3) is 4.32. The Hall–Kier alpha value is -2.74. The van der Waals surface area contributed by atoms with Gasteiger partial charge in [-0.2, -0.15) is 0 Å². The zero-order valence-electron chi connectivity index (χ0n) is 16.3. The van der Waals surface area contributed by atoms with Crippen LogP contribution in [0, 0.1) is 5.82 Å². The van der Waals surface area contributed by atoms with Crippen molar-refractivity contribution in [3.8, 4) is 5.75 Å². The average Bonchev–Trinajstić information content (AvgIpc) is 3.41. The van der Waals surface area contributed by atoms with Crippen molar-refractivity contribution in [3.05, 3.63) is 47.9 Å². The molecule has 3 heterocycles. The lowest BCUT2D eigenvalue weighted by molar-refractivity contribution is -0.131.